The van der Waals surface area contributed by atoms with Crippen molar-refractivity contribution in [2.24, 2.45) is 0 Å². The van der Waals surface area contributed by atoms with Crippen molar-refractivity contribution < 1.29 is 4.79 Å². The highest BCUT2D eigenvalue weighted by molar-refractivity contribution is 14.1. The minimum Gasteiger partial charge on any atom is -0.293 e. The Bertz CT molecular complexity index is 354. The molecule has 0 saturated carbocycles. The molecular weight excluding hydrogens is 390 g/mol. The van der Waals surface area contributed by atoms with Crippen molar-refractivity contribution in [1.29, 1.82) is 0 Å². The van der Waals surface area contributed by atoms with Crippen molar-refractivity contribution in [2.45, 2.75) is 0 Å². The first-order valence-electron chi connectivity index (χ1n) is 3.30. The average Bonchev–Trinajstić information content (AvgIpc) is 2.13. The van der Waals surface area contributed by atoms with Gasteiger partial charge in [0.2, 0.25) is 0 Å². The fourth-order valence-corrected chi connectivity index (χ4v) is 2.14. The fourth-order valence-electron chi connectivity index (χ4n) is 0.813. The Hall–Kier alpha value is 0.680. The molecule has 70 valence electrons. The van der Waals surface area contributed by atoms with Gasteiger partial charge in [0.05, 0.1) is 10.9 Å². The highest BCUT2D eigenvalue weighted by atomic mass is 127. The van der Waals surface area contributed by atoms with Gasteiger partial charge in [0.15, 0.2) is 5.78 Å². The van der Waals surface area contributed by atoms with Gasteiger partial charge in [-0.25, -0.2) is 0 Å². The lowest BCUT2D eigenvalue weighted by atomic mass is 10.1. The highest BCUT2D eigenvalue weighted by Gasteiger charge is 2.13. The summed E-state index contributed by atoms with van der Waals surface area (Å²) in [6, 6.07) is 3.45. The number of alkyl halides is 1. The molecule has 0 heterocycles. The minimum absolute atomic E-state index is 0.0442. The van der Waals surface area contributed by atoms with Crippen molar-refractivity contribution in [3.63, 3.8) is 0 Å². The lowest BCUT2D eigenvalue weighted by Gasteiger charge is -2.04. The number of carbonyl (C=O) groups is 1. The van der Waals surface area contributed by atoms with E-state index >= 15 is 0 Å². The van der Waals surface area contributed by atoms with Crippen LogP contribution in [0.15, 0.2) is 16.6 Å². The predicted octanol–water partition coefficient (Wildman–Crippen LogP) is 4.13. The molecule has 0 aliphatic heterocycles. The molecule has 0 unspecified atom stereocenters. The van der Waals surface area contributed by atoms with Gasteiger partial charge in [-0.1, -0.05) is 11.6 Å². The fraction of sp³-hybridized carbons (Fsp3) is 0.125. The van der Waals surface area contributed by atoms with Gasteiger partial charge in [0.1, 0.15) is 0 Å². The van der Waals surface area contributed by atoms with Gasteiger partial charge in [-0.15, -0.1) is 11.6 Å². The maximum absolute atomic E-state index is 11.3. The SMILES string of the molecule is O=C(CCl)c1ccc(Br)c(I)c1Cl. The topological polar surface area (TPSA) is 17.1 Å². The summed E-state index contributed by atoms with van der Waals surface area (Å²) in [5.41, 5.74) is 0.476. The second kappa shape index (κ2) is 4.96. The van der Waals surface area contributed by atoms with Crippen LogP contribution in [0, 0.1) is 3.57 Å². The van der Waals surface area contributed by atoms with Gasteiger partial charge in [0, 0.05) is 13.6 Å². The standard InChI is InChI=1S/C8H4BrCl2IO/c9-5-2-1-4(6(13)3-10)7(11)8(5)12/h1-2H,3H2. The third-order valence-corrected chi connectivity index (χ3v) is 4.93. The van der Waals surface area contributed by atoms with Crippen LogP contribution in [-0.4, -0.2) is 11.7 Å². The molecule has 0 spiro atoms. The first kappa shape index (κ1) is 11.8. The highest BCUT2D eigenvalue weighted by Crippen LogP contribution is 2.30. The van der Waals surface area contributed by atoms with Crippen LogP contribution in [0.25, 0.3) is 0 Å². The summed E-state index contributed by atoms with van der Waals surface area (Å²) in [5, 5.41) is 0.459. The molecule has 0 bridgehead atoms. The lowest BCUT2D eigenvalue weighted by molar-refractivity contribution is 0.102. The molecule has 0 atom stereocenters. The molecular formula is C8H4BrCl2IO. The first-order chi connectivity index (χ1) is 6.07. The largest absolute Gasteiger partial charge is 0.293 e. The molecule has 5 heteroatoms. The third kappa shape index (κ3) is 2.58. The number of hydrogen-bond acceptors (Lipinski definition) is 1. The van der Waals surface area contributed by atoms with Gasteiger partial charge in [-0.05, 0) is 50.7 Å². The number of ketones is 1. The van der Waals surface area contributed by atoms with Crippen molar-refractivity contribution >= 4 is 67.5 Å². The van der Waals surface area contributed by atoms with Crippen LogP contribution in [0.4, 0.5) is 0 Å². The molecule has 0 N–H and O–H groups in total. The quantitative estimate of drug-likeness (QED) is 0.319. The van der Waals surface area contributed by atoms with Crippen LogP contribution in [0.1, 0.15) is 10.4 Å². The van der Waals surface area contributed by atoms with Crippen molar-refractivity contribution in [3.8, 4) is 0 Å². The maximum atomic E-state index is 11.3. The van der Waals surface area contributed by atoms with Crippen molar-refractivity contribution in [2.75, 3.05) is 5.88 Å². The van der Waals surface area contributed by atoms with Crippen LogP contribution in [0.5, 0.6) is 0 Å². The van der Waals surface area contributed by atoms with Gasteiger partial charge < -0.3 is 0 Å². The smallest absolute Gasteiger partial charge is 0.179 e. The molecule has 1 aromatic rings. The number of hydrogen-bond donors (Lipinski definition) is 0. The van der Waals surface area contributed by atoms with Gasteiger partial charge in [-0.2, -0.15) is 0 Å². The monoisotopic (exact) mass is 392 g/mol. The number of Topliss-reactive ketones (excluding diaryl/α,β-unsaturated/α-hetero) is 1. The van der Waals surface area contributed by atoms with Gasteiger partial charge in [-0.3, -0.25) is 4.79 Å². The predicted molar refractivity (Wildman–Crippen MR) is 66.9 cm³/mol. The second-order valence-corrected chi connectivity index (χ2v) is 4.86. The molecule has 1 aromatic carbocycles. The van der Waals surface area contributed by atoms with Gasteiger partial charge in [0.25, 0.3) is 0 Å². The zero-order valence-corrected chi connectivity index (χ0v) is 11.5. The summed E-state index contributed by atoms with van der Waals surface area (Å²) >= 11 is 16.8. The summed E-state index contributed by atoms with van der Waals surface area (Å²) in [6.07, 6.45) is 0. The molecule has 1 rings (SSSR count). The van der Waals surface area contributed by atoms with Crippen molar-refractivity contribution in [3.05, 3.63) is 30.8 Å². The van der Waals surface area contributed by atoms with Crippen LogP contribution in [0.3, 0.4) is 0 Å². The summed E-state index contributed by atoms with van der Waals surface area (Å²) in [7, 11) is 0. The number of carbonyl (C=O) groups excluding carboxylic acids is 1. The normalized spacial score (nSPS) is 10.2. The van der Waals surface area contributed by atoms with Crippen LogP contribution in [-0.2, 0) is 0 Å². The van der Waals surface area contributed by atoms with Crippen LogP contribution >= 0.6 is 61.7 Å². The van der Waals surface area contributed by atoms with E-state index in [0.717, 1.165) is 8.04 Å². The molecule has 0 aliphatic carbocycles. The molecule has 0 aromatic heterocycles. The molecule has 0 saturated heterocycles. The van der Waals surface area contributed by atoms with E-state index in [-0.39, 0.29) is 11.7 Å². The van der Waals surface area contributed by atoms with E-state index in [1.807, 2.05) is 0 Å². The van der Waals surface area contributed by atoms with E-state index in [0.29, 0.717) is 10.6 Å². The van der Waals surface area contributed by atoms with E-state index in [9.17, 15) is 4.79 Å². The third-order valence-electron chi connectivity index (χ3n) is 1.46. The molecule has 0 radical (unpaired) electrons. The molecule has 0 aliphatic rings. The second-order valence-electron chi connectivity index (χ2n) is 2.28. The lowest BCUT2D eigenvalue weighted by Crippen LogP contribution is -2.02. The van der Waals surface area contributed by atoms with Crippen molar-refractivity contribution in [1.82, 2.24) is 0 Å². The Labute approximate surface area is 108 Å². The maximum Gasteiger partial charge on any atom is 0.179 e. The van der Waals surface area contributed by atoms with Crippen LogP contribution < -0.4 is 0 Å². The molecule has 13 heavy (non-hydrogen) atoms. The number of rotatable bonds is 2. The summed E-state index contributed by atoms with van der Waals surface area (Å²) in [4.78, 5) is 11.3. The van der Waals surface area contributed by atoms with E-state index in [4.69, 9.17) is 23.2 Å². The Balaban J connectivity index is 3.26. The molecule has 0 fully saturated rings. The van der Waals surface area contributed by atoms with Gasteiger partial charge >= 0.3 is 0 Å². The molecule has 0 amide bonds. The average molecular weight is 394 g/mol. The Morgan fingerprint density at radius 2 is 2.15 bits per heavy atom. The van der Waals surface area contributed by atoms with E-state index in [1.165, 1.54) is 0 Å². The minimum atomic E-state index is -0.155. The Morgan fingerprint density at radius 1 is 1.54 bits per heavy atom. The zero-order chi connectivity index (χ0) is 10.0. The van der Waals surface area contributed by atoms with Crippen LogP contribution in [0.2, 0.25) is 5.02 Å². The molecule has 1 nitrogen and oxygen atoms in total. The van der Waals surface area contributed by atoms with E-state index in [1.54, 1.807) is 12.1 Å². The summed E-state index contributed by atoms with van der Waals surface area (Å²) < 4.78 is 1.71. The zero-order valence-electron chi connectivity index (χ0n) is 6.28. The Morgan fingerprint density at radius 3 is 2.69 bits per heavy atom. The Kier molecular flexibility index (Phi) is 4.48. The number of halogens is 4. The summed E-state index contributed by atoms with van der Waals surface area (Å²) in [6.45, 7) is 0. The van der Waals surface area contributed by atoms with E-state index < -0.39 is 0 Å². The van der Waals surface area contributed by atoms with E-state index in [2.05, 4.69) is 38.5 Å². The number of benzene rings is 1. The first-order valence-corrected chi connectivity index (χ1v) is 6.09. The summed E-state index contributed by atoms with van der Waals surface area (Å²) in [5.74, 6) is -0.200.